The number of rotatable bonds is 6. The Kier molecular flexibility index (Phi) is 7.42. The first-order chi connectivity index (χ1) is 27.8. The van der Waals surface area contributed by atoms with Crippen LogP contribution in [0.3, 0.4) is 0 Å². The van der Waals surface area contributed by atoms with Gasteiger partial charge in [0.05, 0.1) is 11.0 Å². The first-order valence-corrected chi connectivity index (χ1v) is 18.8. The van der Waals surface area contributed by atoms with Gasteiger partial charge in [0.1, 0.15) is 11.2 Å². The molecule has 0 aliphatic rings. The zero-order chi connectivity index (χ0) is 37.0. The summed E-state index contributed by atoms with van der Waals surface area (Å²) >= 11 is 0. The van der Waals surface area contributed by atoms with Gasteiger partial charge in [-0.05, 0) is 70.8 Å². The molecule has 3 heterocycles. The first-order valence-electron chi connectivity index (χ1n) is 18.8. The number of para-hydroxylation sites is 2. The standard InChI is InChI=1S/C51H32N4O/c1-4-15-33(16-5-1)49-52-50(34-17-6-2-7-18-34)54-51(53-49)41-24-14-26-47-48(41)43-32-36(28-30-46(43)56-47)39-22-11-10-21-38(39)35-27-29-45-42(31-35)40-23-12-13-25-44(40)55(45)37-19-8-3-9-20-37/h1-32H. The highest BCUT2D eigenvalue weighted by atomic mass is 16.3. The van der Waals surface area contributed by atoms with E-state index in [0.717, 1.165) is 66.6 Å². The molecule has 0 radical (unpaired) electrons. The smallest absolute Gasteiger partial charge is 0.164 e. The minimum absolute atomic E-state index is 0.597. The average molecular weight is 717 g/mol. The van der Waals surface area contributed by atoms with Crippen LogP contribution < -0.4 is 0 Å². The van der Waals surface area contributed by atoms with E-state index in [0.29, 0.717) is 17.5 Å². The van der Waals surface area contributed by atoms with Crippen molar-refractivity contribution in [3.63, 3.8) is 0 Å². The van der Waals surface area contributed by atoms with Gasteiger partial charge in [0, 0.05) is 43.9 Å². The van der Waals surface area contributed by atoms with Gasteiger partial charge in [0.15, 0.2) is 17.5 Å². The van der Waals surface area contributed by atoms with Crippen molar-refractivity contribution in [2.24, 2.45) is 0 Å². The van der Waals surface area contributed by atoms with E-state index in [4.69, 9.17) is 19.4 Å². The predicted molar refractivity (Wildman–Crippen MR) is 229 cm³/mol. The molecule has 11 rings (SSSR count). The van der Waals surface area contributed by atoms with E-state index >= 15 is 0 Å². The summed E-state index contributed by atoms with van der Waals surface area (Å²) in [5.74, 6) is 1.84. The van der Waals surface area contributed by atoms with Crippen molar-refractivity contribution in [3.05, 3.63) is 194 Å². The van der Waals surface area contributed by atoms with Crippen LogP contribution in [0, 0.1) is 0 Å². The minimum atomic E-state index is 0.597. The second-order valence-corrected chi connectivity index (χ2v) is 14.0. The number of hydrogen-bond acceptors (Lipinski definition) is 4. The van der Waals surface area contributed by atoms with Gasteiger partial charge in [-0.15, -0.1) is 0 Å². The SMILES string of the molecule is c1ccc(-c2nc(-c3ccccc3)nc(-c3cccc4oc5ccc(-c6ccccc6-c6ccc7c(c6)c6ccccc6n7-c6ccccc6)cc5c34)n2)cc1. The fourth-order valence-corrected chi connectivity index (χ4v) is 8.09. The molecule has 11 aromatic rings. The summed E-state index contributed by atoms with van der Waals surface area (Å²) < 4.78 is 8.86. The van der Waals surface area contributed by atoms with Gasteiger partial charge in [0.2, 0.25) is 0 Å². The lowest BCUT2D eigenvalue weighted by Crippen LogP contribution is -2.00. The van der Waals surface area contributed by atoms with Gasteiger partial charge in [-0.1, -0.05) is 146 Å². The van der Waals surface area contributed by atoms with Crippen LogP contribution in [0.15, 0.2) is 199 Å². The van der Waals surface area contributed by atoms with E-state index in [9.17, 15) is 0 Å². The van der Waals surface area contributed by atoms with Crippen LogP contribution in [0.2, 0.25) is 0 Å². The molecule has 56 heavy (non-hydrogen) atoms. The molecule has 0 spiro atoms. The Morgan fingerprint density at radius 1 is 0.339 bits per heavy atom. The van der Waals surface area contributed by atoms with E-state index in [-0.39, 0.29) is 0 Å². The van der Waals surface area contributed by atoms with Crippen LogP contribution in [-0.4, -0.2) is 19.5 Å². The normalized spacial score (nSPS) is 11.6. The van der Waals surface area contributed by atoms with Crippen molar-refractivity contribution < 1.29 is 4.42 Å². The van der Waals surface area contributed by atoms with E-state index in [2.05, 4.69) is 126 Å². The monoisotopic (exact) mass is 716 g/mol. The fourth-order valence-electron chi connectivity index (χ4n) is 8.09. The molecule has 0 bridgehead atoms. The average Bonchev–Trinajstić information content (AvgIpc) is 3.82. The van der Waals surface area contributed by atoms with Crippen molar-refractivity contribution in [2.75, 3.05) is 0 Å². The lowest BCUT2D eigenvalue weighted by Gasteiger charge is -2.12. The summed E-state index contributed by atoms with van der Waals surface area (Å²) in [5.41, 5.74) is 12.4. The third-order valence-electron chi connectivity index (χ3n) is 10.7. The molecule has 0 unspecified atom stereocenters. The zero-order valence-corrected chi connectivity index (χ0v) is 30.2. The molecule has 0 amide bonds. The summed E-state index contributed by atoms with van der Waals surface area (Å²) in [6.07, 6.45) is 0. The quantitative estimate of drug-likeness (QED) is 0.172. The molecule has 0 N–H and O–H groups in total. The van der Waals surface area contributed by atoms with Crippen LogP contribution >= 0.6 is 0 Å². The molecular formula is C51H32N4O. The summed E-state index contributed by atoms with van der Waals surface area (Å²) in [7, 11) is 0. The van der Waals surface area contributed by atoms with E-state index in [1.807, 2.05) is 72.8 Å². The number of fused-ring (bicyclic) bond motifs is 6. The fraction of sp³-hybridized carbons (Fsp3) is 0. The Bertz CT molecular complexity index is 3180. The van der Waals surface area contributed by atoms with Gasteiger partial charge in [-0.2, -0.15) is 0 Å². The van der Waals surface area contributed by atoms with E-state index in [1.54, 1.807) is 0 Å². The highest BCUT2D eigenvalue weighted by molar-refractivity contribution is 6.14. The van der Waals surface area contributed by atoms with Crippen LogP contribution in [0.1, 0.15) is 0 Å². The lowest BCUT2D eigenvalue weighted by atomic mass is 9.92. The molecular weight excluding hydrogens is 685 g/mol. The number of hydrogen-bond donors (Lipinski definition) is 0. The third-order valence-corrected chi connectivity index (χ3v) is 10.7. The molecule has 0 fully saturated rings. The highest BCUT2D eigenvalue weighted by Gasteiger charge is 2.20. The summed E-state index contributed by atoms with van der Waals surface area (Å²) in [6.45, 7) is 0. The first kappa shape index (κ1) is 31.9. The Labute approximate surface area is 322 Å². The number of benzene rings is 8. The molecule has 5 heteroatoms. The van der Waals surface area contributed by atoms with Crippen molar-refractivity contribution in [1.82, 2.24) is 19.5 Å². The molecule has 5 nitrogen and oxygen atoms in total. The Hall–Kier alpha value is -7.63. The van der Waals surface area contributed by atoms with Gasteiger partial charge < -0.3 is 8.98 Å². The Morgan fingerprint density at radius 2 is 0.875 bits per heavy atom. The maximum absolute atomic E-state index is 6.50. The molecule has 0 saturated carbocycles. The molecule has 0 saturated heterocycles. The summed E-state index contributed by atoms with van der Waals surface area (Å²) in [4.78, 5) is 15.1. The van der Waals surface area contributed by atoms with Gasteiger partial charge in [-0.25, -0.2) is 15.0 Å². The van der Waals surface area contributed by atoms with E-state index < -0.39 is 0 Å². The van der Waals surface area contributed by atoms with Crippen molar-refractivity contribution in [2.45, 2.75) is 0 Å². The predicted octanol–water partition coefficient (Wildman–Crippen LogP) is 13.2. The van der Waals surface area contributed by atoms with Gasteiger partial charge in [-0.3, -0.25) is 0 Å². The molecule has 0 atom stereocenters. The lowest BCUT2D eigenvalue weighted by molar-refractivity contribution is 0.669. The van der Waals surface area contributed by atoms with Gasteiger partial charge in [0.25, 0.3) is 0 Å². The topological polar surface area (TPSA) is 56.7 Å². The second-order valence-electron chi connectivity index (χ2n) is 14.0. The second kappa shape index (κ2) is 13.0. The van der Waals surface area contributed by atoms with E-state index in [1.165, 1.54) is 21.8 Å². The maximum atomic E-state index is 6.50. The third kappa shape index (κ3) is 5.29. The van der Waals surface area contributed by atoms with Gasteiger partial charge >= 0.3 is 0 Å². The molecule has 0 aliphatic carbocycles. The largest absolute Gasteiger partial charge is 0.456 e. The Balaban J connectivity index is 1.08. The van der Waals surface area contributed by atoms with Crippen LogP contribution in [0.25, 0.3) is 106 Å². The number of nitrogens with zero attached hydrogens (tertiary/aromatic N) is 4. The minimum Gasteiger partial charge on any atom is -0.456 e. The van der Waals surface area contributed by atoms with Crippen LogP contribution in [0.4, 0.5) is 0 Å². The highest BCUT2D eigenvalue weighted by Crippen LogP contribution is 2.41. The van der Waals surface area contributed by atoms with Crippen LogP contribution in [-0.2, 0) is 0 Å². The zero-order valence-electron chi connectivity index (χ0n) is 30.2. The molecule has 262 valence electrons. The molecule has 8 aromatic carbocycles. The maximum Gasteiger partial charge on any atom is 0.164 e. The van der Waals surface area contributed by atoms with Crippen LogP contribution in [0.5, 0.6) is 0 Å². The molecule has 3 aromatic heterocycles. The van der Waals surface area contributed by atoms with Crippen molar-refractivity contribution in [1.29, 1.82) is 0 Å². The summed E-state index contributed by atoms with van der Waals surface area (Å²) in [5, 5.41) is 4.43. The Morgan fingerprint density at radius 3 is 1.57 bits per heavy atom. The number of aromatic nitrogens is 4. The molecule has 0 aliphatic heterocycles. The van der Waals surface area contributed by atoms with Crippen molar-refractivity contribution in [3.8, 4) is 62.1 Å². The number of furan rings is 1. The van der Waals surface area contributed by atoms with Crippen molar-refractivity contribution >= 4 is 43.7 Å². The summed E-state index contributed by atoms with van der Waals surface area (Å²) in [6, 6.07) is 67.5.